The topological polar surface area (TPSA) is 79.6 Å². The van der Waals surface area contributed by atoms with Crippen molar-refractivity contribution >= 4 is 23.3 Å². The molecule has 2 heterocycles. The van der Waals surface area contributed by atoms with Gasteiger partial charge in [-0.25, -0.2) is 9.69 Å². The molecule has 124 valence electrons. The first-order valence-corrected chi connectivity index (χ1v) is 7.76. The lowest BCUT2D eigenvalue weighted by Crippen LogP contribution is -2.34. The number of hydrazone groups is 1. The standard InChI is InChI=1S/C17H19N5O2/c1-12-10-15(22(19-12)11-13-6-4-3-5-7-13)18-17(24)14-8-9-16(23)21(2)20-14/h3-7,10H,8-9,11H2,1-2H3,(H,18,24). The molecular weight excluding hydrogens is 306 g/mol. The second-order valence-electron chi connectivity index (χ2n) is 5.73. The molecule has 1 aromatic carbocycles. The molecule has 0 saturated carbocycles. The van der Waals surface area contributed by atoms with Gasteiger partial charge in [0.25, 0.3) is 5.91 Å². The summed E-state index contributed by atoms with van der Waals surface area (Å²) in [6.07, 6.45) is 0.645. The van der Waals surface area contributed by atoms with E-state index in [2.05, 4.69) is 15.5 Å². The maximum absolute atomic E-state index is 12.4. The van der Waals surface area contributed by atoms with E-state index in [-0.39, 0.29) is 11.8 Å². The lowest BCUT2D eigenvalue weighted by Gasteiger charge is -2.19. The number of amides is 2. The Morgan fingerprint density at radius 3 is 2.71 bits per heavy atom. The number of hydrogen-bond acceptors (Lipinski definition) is 4. The Morgan fingerprint density at radius 2 is 2.00 bits per heavy atom. The van der Waals surface area contributed by atoms with Crippen molar-refractivity contribution in [3.8, 4) is 0 Å². The first-order valence-electron chi connectivity index (χ1n) is 7.76. The van der Waals surface area contributed by atoms with Crippen molar-refractivity contribution in [1.82, 2.24) is 14.8 Å². The highest BCUT2D eigenvalue weighted by Gasteiger charge is 2.22. The number of carbonyl (C=O) groups excluding carboxylic acids is 2. The summed E-state index contributed by atoms with van der Waals surface area (Å²) >= 11 is 0. The quantitative estimate of drug-likeness (QED) is 0.930. The molecule has 1 aromatic heterocycles. The predicted molar refractivity (Wildman–Crippen MR) is 90.6 cm³/mol. The number of carbonyl (C=O) groups is 2. The lowest BCUT2D eigenvalue weighted by molar-refractivity contribution is -0.130. The third-order valence-electron chi connectivity index (χ3n) is 3.79. The summed E-state index contributed by atoms with van der Waals surface area (Å²) in [5.41, 5.74) is 2.26. The fourth-order valence-electron chi connectivity index (χ4n) is 2.54. The highest BCUT2D eigenvalue weighted by molar-refractivity contribution is 6.43. The maximum Gasteiger partial charge on any atom is 0.273 e. The Hall–Kier alpha value is -2.96. The van der Waals surface area contributed by atoms with Crippen molar-refractivity contribution in [3.63, 3.8) is 0 Å². The van der Waals surface area contributed by atoms with E-state index < -0.39 is 0 Å². The van der Waals surface area contributed by atoms with Gasteiger partial charge in [0.2, 0.25) is 5.91 Å². The Balaban J connectivity index is 1.77. The molecule has 0 bridgehead atoms. The molecule has 1 aliphatic rings. The number of aryl methyl sites for hydroxylation is 1. The number of nitrogens with zero attached hydrogens (tertiary/aromatic N) is 4. The van der Waals surface area contributed by atoms with Crippen LogP contribution in [0.15, 0.2) is 41.5 Å². The molecule has 7 heteroatoms. The summed E-state index contributed by atoms with van der Waals surface area (Å²) in [5, 5.41) is 12.5. The van der Waals surface area contributed by atoms with Crippen LogP contribution >= 0.6 is 0 Å². The van der Waals surface area contributed by atoms with E-state index in [0.29, 0.717) is 30.9 Å². The molecule has 0 spiro atoms. The minimum atomic E-state index is -0.302. The Kier molecular flexibility index (Phi) is 4.41. The van der Waals surface area contributed by atoms with Gasteiger partial charge in [-0.05, 0) is 12.5 Å². The molecule has 0 radical (unpaired) electrons. The molecule has 2 aromatic rings. The molecule has 0 aliphatic carbocycles. The van der Waals surface area contributed by atoms with Crippen LogP contribution in [0.3, 0.4) is 0 Å². The SMILES string of the molecule is Cc1cc(NC(=O)C2=NN(C)C(=O)CC2)n(Cc2ccccc2)n1. The minimum Gasteiger partial charge on any atom is -0.306 e. The van der Waals surface area contributed by atoms with E-state index in [1.54, 1.807) is 11.7 Å². The average Bonchev–Trinajstić information content (AvgIpc) is 2.90. The number of rotatable bonds is 4. The Bertz CT molecular complexity index is 795. The number of benzene rings is 1. The zero-order chi connectivity index (χ0) is 17.1. The van der Waals surface area contributed by atoms with Crippen molar-refractivity contribution in [2.45, 2.75) is 26.3 Å². The van der Waals surface area contributed by atoms with Gasteiger partial charge in [-0.15, -0.1) is 0 Å². The number of aromatic nitrogens is 2. The van der Waals surface area contributed by atoms with E-state index in [1.807, 2.05) is 43.3 Å². The zero-order valence-electron chi connectivity index (χ0n) is 13.7. The fourth-order valence-corrected chi connectivity index (χ4v) is 2.54. The predicted octanol–water partition coefficient (Wildman–Crippen LogP) is 1.79. The summed E-state index contributed by atoms with van der Waals surface area (Å²) in [6.45, 7) is 2.44. The van der Waals surface area contributed by atoms with E-state index in [1.165, 1.54) is 5.01 Å². The summed E-state index contributed by atoms with van der Waals surface area (Å²) in [6, 6.07) is 11.7. The molecule has 1 aliphatic heterocycles. The van der Waals surface area contributed by atoms with E-state index in [0.717, 1.165) is 11.3 Å². The first-order chi connectivity index (χ1) is 11.5. The maximum atomic E-state index is 12.4. The van der Waals surface area contributed by atoms with Crippen molar-refractivity contribution in [2.24, 2.45) is 5.10 Å². The van der Waals surface area contributed by atoms with Crippen LogP contribution in [0.4, 0.5) is 5.82 Å². The zero-order valence-corrected chi connectivity index (χ0v) is 13.7. The third kappa shape index (κ3) is 3.51. The smallest absolute Gasteiger partial charge is 0.273 e. The van der Waals surface area contributed by atoms with Crippen LogP contribution < -0.4 is 5.32 Å². The van der Waals surface area contributed by atoms with Gasteiger partial charge in [-0.2, -0.15) is 10.2 Å². The molecule has 0 atom stereocenters. The van der Waals surface area contributed by atoms with Crippen LogP contribution in [-0.2, 0) is 16.1 Å². The normalized spacial score (nSPS) is 14.5. The lowest BCUT2D eigenvalue weighted by atomic mass is 10.1. The van der Waals surface area contributed by atoms with Gasteiger partial charge in [0.1, 0.15) is 11.5 Å². The van der Waals surface area contributed by atoms with Gasteiger partial charge in [-0.1, -0.05) is 30.3 Å². The Labute approximate surface area is 140 Å². The molecule has 24 heavy (non-hydrogen) atoms. The second kappa shape index (κ2) is 6.66. The first kappa shape index (κ1) is 15.9. The van der Waals surface area contributed by atoms with Crippen LogP contribution in [0, 0.1) is 6.92 Å². The van der Waals surface area contributed by atoms with Crippen LogP contribution in [0.5, 0.6) is 0 Å². The highest BCUT2D eigenvalue weighted by atomic mass is 16.2. The largest absolute Gasteiger partial charge is 0.306 e. The number of anilines is 1. The summed E-state index contributed by atoms with van der Waals surface area (Å²) in [4.78, 5) is 23.9. The van der Waals surface area contributed by atoms with Gasteiger partial charge in [0.15, 0.2) is 0 Å². The van der Waals surface area contributed by atoms with Crippen molar-refractivity contribution in [1.29, 1.82) is 0 Å². The van der Waals surface area contributed by atoms with Crippen molar-refractivity contribution in [3.05, 3.63) is 47.7 Å². The monoisotopic (exact) mass is 325 g/mol. The van der Waals surface area contributed by atoms with Gasteiger partial charge < -0.3 is 5.32 Å². The van der Waals surface area contributed by atoms with Crippen LogP contribution in [0.2, 0.25) is 0 Å². The summed E-state index contributed by atoms with van der Waals surface area (Å²) in [5.74, 6) is 0.226. The van der Waals surface area contributed by atoms with Gasteiger partial charge in [0.05, 0.1) is 12.2 Å². The second-order valence-corrected chi connectivity index (χ2v) is 5.73. The molecular formula is C17H19N5O2. The molecule has 7 nitrogen and oxygen atoms in total. The van der Waals surface area contributed by atoms with Crippen LogP contribution in [0.1, 0.15) is 24.1 Å². The molecule has 1 N–H and O–H groups in total. The third-order valence-corrected chi connectivity index (χ3v) is 3.79. The summed E-state index contributed by atoms with van der Waals surface area (Å²) in [7, 11) is 1.55. The molecule has 0 saturated heterocycles. The number of nitrogens with one attached hydrogen (secondary N) is 1. The summed E-state index contributed by atoms with van der Waals surface area (Å²) < 4.78 is 1.75. The minimum absolute atomic E-state index is 0.0866. The molecule has 2 amide bonds. The average molecular weight is 325 g/mol. The van der Waals surface area contributed by atoms with Crippen LogP contribution in [0.25, 0.3) is 0 Å². The van der Waals surface area contributed by atoms with E-state index >= 15 is 0 Å². The molecule has 0 fully saturated rings. The Morgan fingerprint density at radius 1 is 1.25 bits per heavy atom. The highest BCUT2D eigenvalue weighted by Crippen LogP contribution is 2.15. The van der Waals surface area contributed by atoms with Gasteiger partial charge >= 0.3 is 0 Å². The van der Waals surface area contributed by atoms with Crippen molar-refractivity contribution in [2.75, 3.05) is 12.4 Å². The fraction of sp³-hybridized carbons (Fsp3) is 0.294. The van der Waals surface area contributed by atoms with Crippen molar-refractivity contribution < 1.29 is 9.59 Å². The van der Waals surface area contributed by atoms with Crippen LogP contribution in [-0.4, -0.2) is 39.4 Å². The van der Waals surface area contributed by atoms with Gasteiger partial charge in [0, 0.05) is 26.0 Å². The molecule has 0 unspecified atom stereocenters. The van der Waals surface area contributed by atoms with E-state index in [4.69, 9.17) is 0 Å². The van der Waals surface area contributed by atoms with E-state index in [9.17, 15) is 9.59 Å². The number of hydrogen-bond donors (Lipinski definition) is 1. The molecule has 3 rings (SSSR count). The van der Waals surface area contributed by atoms with Gasteiger partial charge in [-0.3, -0.25) is 9.59 Å².